The van der Waals surface area contributed by atoms with Crippen molar-refractivity contribution in [2.24, 2.45) is 5.73 Å². The second-order valence-electron chi connectivity index (χ2n) is 4.89. The number of nitrogens with one attached hydrogen (secondary N) is 1. The number of primary amides is 1. The summed E-state index contributed by atoms with van der Waals surface area (Å²) >= 11 is 0. The maximum Gasteiger partial charge on any atom is 0.239 e. The molecule has 0 saturated heterocycles. The topological polar surface area (TPSA) is 92.0 Å². The van der Waals surface area contributed by atoms with Crippen LogP contribution in [-0.4, -0.2) is 71.3 Å². The fraction of sp³-hybridized carbons (Fsp3) is 0.929. The van der Waals surface area contributed by atoms with Gasteiger partial charge in [-0.3, -0.25) is 4.79 Å². The Balaban J connectivity index is 3.56. The summed E-state index contributed by atoms with van der Waals surface area (Å²) in [6.07, 6.45) is 0.926. The minimum Gasteiger partial charge on any atom is -0.382 e. The highest BCUT2D eigenvalue weighted by Crippen LogP contribution is 2.04. The zero-order valence-corrected chi connectivity index (χ0v) is 13.5. The van der Waals surface area contributed by atoms with Crippen molar-refractivity contribution in [3.63, 3.8) is 0 Å². The van der Waals surface area contributed by atoms with Gasteiger partial charge >= 0.3 is 0 Å². The molecule has 1 amide bonds. The van der Waals surface area contributed by atoms with Gasteiger partial charge in [0.15, 0.2) is 0 Å². The molecule has 0 radical (unpaired) electrons. The molecule has 1 atom stereocenters. The van der Waals surface area contributed by atoms with E-state index in [4.69, 9.17) is 24.7 Å². The van der Waals surface area contributed by atoms with Crippen LogP contribution in [-0.2, 0) is 23.7 Å². The van der Waals surface area contributed by atoms with E-state index in [9.17, 15) is 4.79 Å². The smallest absolute Gasteiger partial charge is 0.239 e. The third-order valence-corrected chi connectivity index (χ3v) is 2.88. The second-order valence-corrected chi connectivity index (χ2v) is 4.89. The van der Waals surface area contributed by atoms with E-state index in [0.717, 1.165) is 13.0 Å². The summed E-state index contributed by atoms with van der Waals surface area (Å²) in [4.78, 5) is 11.4. The van der Waals surface area contributed by atoms with Crippen molar-refractivity contribution in [1.29, 1.82) is 0 Å². The fourth-order valence-corrected chi connectivity index (χ4v) is 1.47. The molecule has 0 aliphatic carbocycles. The molecule has 0 saturated carbocycles. The van der Waals surface area contributed by atoms with Gasteiger partial charge in [0.1, 0.15) is 5.54 Å². The van der Waals surface area contributed by atoms with Gasteiger partial charge < -0.3 is 30.0 Å². The number of ether oxygens (including phenoxy) is 4. The predicted molar refractivity (Wildman–Crippen MR) is 80.2 cm³/mol. The van der Waals surface area contributed by atoms with E-state index < -0.39 is 11.4 Å². The van der Waals surface area contributed by atoms with Crippen molar-refractivity contribution >= 4 is 5.91 Å². The van der Waals surface area contributed by atoms with Gasteiger partial charge in [-0.25, -0.2) is 0 Å². The van der Waals surface area contributed by atoms with Crippen molar-refractivity contribution in [3.8, 4) is 0 Å². The van der Waals surface area contributed by atoms with Gasteiger partial charge in [-0.1, -0.05) is 6.92 Å². The molecule has 126 valence electrons. The Labute approximate surface area is 127 Å². The molecule has 0 bridgehead atoms. The number of hydrogen-bond acceptors (Lipinski definition) is 6. The molecule has 1 unspecified atom stereocenters. The van der Waals surface area contributed by atoms with E-state index >= 15 is 0 Å². The van der Waals surface area contributed by atoms with Crippen molar-refractivity contribution in [2.45, 2.75) is 25.8 Å². The first-order chi connectivity index (χ1) is 10.1. The third kappa shape index (κ3) is 10.6. The van der Waals surface area contributed by atoms with Gasteiger partial charge in [-0.15, -0.1) is 0 Å². The molecule has 7 heteroatoms. The van der Waals surface area contributed by atoms with Crippen LogP contribution in [0.4, 0.5) is 0 Å². The van der Waals surface area contributed by atoms with Crippen LogP contribution in [0.2, 0.25) is 0 Å². The maximum absolute atomic E-state index is 11.4. The number of amides is 1. The first-order valence-corrected chi connectivity index (χ1v) is 7.34. The molecule has 0 aromatic heterocycles. The molecule has 0 aliphatic rings. The summed E-state index contributed by atoms with van der Waals surface area (Å²) < 4.78 is 20.9. The Morgan fingerprint density at radius 1 is 1.05 bits per heavy atom. The van der Waals surface area contributed by atoms with Crippen LogP contribution in [0.5, 0.6) is 0 Å². The van der Waals surface area contributed by atoms with Crippen LogP contribution in [0.25, 0.3) is 0 Å². The average Bonchev–Trinajstić information content (AvgIpc) is 2.47. The Hall–Kier alpha value is -0.730. The van der Waals surface area contributed by atoms with E-state index in [2.05, 4.69) is 5.32 Å². The largest absolute Gasteiger partial charge is 0.382 e. The molecule has 0 spiro atoms. The first-order valence-electron chi connectivity index (χ1n) is 7.34. The minimum absolute atomic E-state index is 0.232. The van der Waals surface area contributed by atoms with Gasteiger partial charge in [-0.05, 0) is 19.9 Å². The number of carbonyl (C=O) groups is 1. The van der Waals surface area contributed by atoms with Crippen LogP contribution >= 0.6 is 0 Å². The van der Waals surface area contributed by atoms with E-state index in [1.807, 2.05) is 6.92 Å². The van der Waals surface area contributed by atoms with Crippen molar-refractivity contribution in [3.05, 3.63) is 0 Å². The van der Waals surface area contributed by atoms with E-state index in [0.29, 0.717) is 39.6 Å². The van der Waals surface area contributed by atoms with Crippen molar-refractivity contribution in [2.75, 3.05) is 59.9 Å². The molecule has 0 aromatic carbocycles. The Kier molecular flexibility index (Phi) is 12.5. The maximum atomic E-state index is 11.4. The highest BCUT2D eigenvalue weighted by atomic mass is 16.6. The monoisotopic (exact) mass is 306 g/mol. The van der Waals surface area contributed by atoms with Crippen LogP contribution in [0.15, 0.2) is 0 Å². The third-order valence-electron chi connectivity index (χ3n) is 2.88. The summed E-state index contributed by atoms with van der Waals surface area (Å²) in [7, 11) is 1.63. The molecule has 21 heavy (non-hydrogen) atoms. The lowest BCUT2D eigenvalue weighted by Crippen LogP contribution is -2.56. The molecule has 0 fully saturated rings. The molecule has 0 aliphatic heterocycles. The molecular weight excluding hydrogens is 276 g/mol. The average molecular weight is 306 g/mol. The Morgan fingerprint density at radius 3 is 2.05 bits per heavy atom. The summed E-state index contributed by atoms with van der Waals surface area (Å²) in [6, 6.07) is 0. The van der Waals surface area contributed by atoms with Gasteiger partial charge in [0.05, 0.1) is 46.2 Å². The molecule has 3 N–H and O–H groups in total. The lowest BCUT2D eigenvalue weighted by molar-refractivity contribution is -0.126. The van der Waals surface area contributed by atoms with E-state index in [1.165, 1.54) is 0 Å². The van der Waals surface area contributed by atoms with Gasteiger partial charge in [0.2, 0.25) is 5.91 Å². The Morgan fingerprint density at radius 2 is 1.57 bits per heavy atom. The zero-order chi connectivity index (χ0) is 16.0. The molecule has 7 nitrogen and oxygen atoms in total. The second kappa shape index (κ2) is 13.0. The highest BCUT2D eigenvalue weighted by Gasteiger charge is 2.30. The fourth-order valence-electron chi connectivity index (χ4n) is 1.47. The summed E-state index contributed by atoms with van der Waals surface area (Å²) in [6.45, 7) is 7.77. The van der Waals surface area contributed by atoms with Gasteiger partial charge in [-0.2, -0.15) is 0 Å². The summed E-state index contributed by atoms with van der Waals surface area (Å²) in [5.41, 5.74) is 4.56. The predicted octanol–water partition coefficient (Wildman–Crippen LogP) is -0.0738. The van der Waals surface area contributed by atoms with Crippen molar-refractivity contribution < 1.29 is 23.7 Å². The summed E-state index contributed by atoms with van der Waals surface area (Å²) in [5.74, 6) is -0.414. The number of nitrogens with two attached hydrogens (primary N) is 1. The lowest BCUT2D eigenvalue weighted by atomic mass is 10.0. The number of methoxy groups -OCH3 is 1. The standard InChI is InChI=1S/C14H30N2O5/c1-4-5-16-14(2,13(15)17)12-21-11-10-20-9-8-19-7-6-18-3/h16H,4-12H2,1-3H3,(H2,15,17). The molecule has 0 heterocycles. The SMILES string of the molecule is CCCNC(C)(COCCOCCOCCOC)C(N)=O. The quantitative estimate of drug-likeness (QED) is 0.411. The highest BCUT2D eigenvalue weighted by molar-refractivity contribution is 5.84. The van der Waals surface area contributed by atoms with Crippen LogP contribution in [0.1, 0.15) is 20.3 Å². The number of rotatable bonds is 15. The van der Waals surface area contributed by atoms with Gasteiger partial charge in [0.25, 0.3) is 0 Å². The van der Waals surface area contributed by atoms with Gasteiger partial charge in [0, 0.05) is 7.11 Å². The molecule has 0 rings (SSSR count). The lowest BCUT2D eigenvalue weighted by Gasteiger charge is -2.27. The van der Waals surface area contributed by atoms with Crippen molar-refractivity contribution in [1.82, 2.24) is 5.32 Å². The first kappa shape index (κ1) is 20.3. The molecule has 0 aromatic rings. The molecular formula is C14H30N2O5. The van der Waals surface area contributed by atoms with E-state index in [-0.39, 0.29) is 6.61 Å². The number of hydrogen-bond donors (Lipinski definition) is 2. The van der Waals surface area contributed by atoms with E-state index in [1.54, 1.807) is 14.0 Å². The number of carbonyl (C=O) groups excluding carboxylic acids is 1. The normalized spacial score (nSPS) is 14.0. The van der Waals surface area contributed by atoms with Crippen LogP contribution < -0.4 is 11.1 Å². The zero-order valence-electron chi connectivity index (χ0n) is 13.5. The van der Waals surface area contributed by atoms with Crippen LogP contribution in [0.3, 0.4) is 0 Å². The Bertz CT molecular complexity index is 266. The summed E-state index contributed by atoms with van der Waals surface area (Å²) in [5, 5.41) is 3.10. The van der Waals surface area contributed by atoms with Crippen LogP contribution in [0, 0.1) is 0 Å². The minimum atomic E-state index is -0.834.